The van der Waals surface area contributed by atoms with E-state index < -0.39 is 5.97 Å². The van der Waals surface area contributed by atoms with Gasteiger partial charge in [0.1, 0.15) is 0 Å². The molecule has 0 amide bonds. The molecule has 1 aromatic rings. The summed E-state index contributed by atoms with van der Waals surface area (Å²) in [5.74, 6) is -1.01. The second kappa shape index (κ2) is 6.42. The quantitative estimate of drug-likeness (QED) is 0.736. The summed E-state index contributed by atoms with van der Waals surface area (Å²) in [4.78, 5) is 10.7. The molecule has 0 saturated carbocycles. The predicted octanol–water partition coefficient (Wildman–Crippen LogP) is 2.73. The van der Waals surface area contributed by atoms with Crippen molar-refractivity contribution in [3.8, 4) is 0 Å². The van der Waals surface area contributed by atoms with E-state index in [1.54, 1.807) is 6.07 Å². The number of aromatic carboxylic acids is 1. The minimum absolute atomic E-state index is 0.146. The summed E-state index contributed by atoms with van der Waals surface area (Å²) in [6.07, 6.45) is 0.966. The summed E-state index contributed by atoms with van der Waals surface area (Å²) in [6.45, 7) is 2.81. The summed E-state index contributed by atoms with van der Waals surface area (Å²) >= 11 is 11.0. The second-order valence-electron chi connectivity index (χ2n) is 3.38. The number of rotatable bonds is 4. The molecule has 0 spiro atoms. The molecule has 0 aliphatic rings. The monoisotopic (exact) mass is 272 g/mol. The van der Waals surface area contributed by atoms with Gasteiger partial charge in [0.05, 0.1) is 16.3 Å². The molecular weight excluding hydrogens is 260 g/mol. The lowest BCUT2D eigenvalue weighted by Crippen LogP contribution is -2.29. The largest absolute Gasteiger partial charge is 0.478 e. The first-order valence-electron chi connectivity index (χ1n) is 5.12. The zero-order chi connectivity index (χ0) is 12.8. The predicted molar refractivity (Wildman–Crippen MR) is 72.9 cm³/mol. The van der Waals surface area contributed by atoms with Crippen LogP contribution < -0.4 is 10.6 Å². The fraction of sp³-hybridized carbons (Fsp3) is 0.273. The lowest BCUT2D eigenvalue weighted by Gasteiger charge is -2.11. The Morgan fingerprint density at radius 1 is 1.53 bits per heavy atom. The third-order valence-corrected chi connectivity index (χ3v) is 2.56. The number of hydrogen-bond acceptors (Lipinski definition) is 2. The normalized spacial score (nSPS) is 9.76. The molecule has 0 fully saturated rings. The number of carboxylic acids is 1. The van der Waals surface area contributed by atoms with E-state index in [9.17, 15) is 4.79 Å². The van der Waals surface area contributed by atoms with Crippen LogP contribution in [0.3, 0.4) is 0 Å². The maximum atomic E-state index is 10.7. The molecule has 1 aromatic carbocycles. The zero-order valence-corrected chi connectivity index (χ0v) is 10.9. The fourth-order valence-corrected chi connectivity index (χ4v) is 1.59. The number of carboxylic acid groups (broad SMARTS) is 1. The summed E-state index contributed by atoms with van der Waals surface area (Å²) in [7, 11) is 0. The molecule has 6 heteroatoms. The van der Waals surface area contributed by atoms with Gasteiger partial charge in [-0.1, -0.05) is 18.5 Å². The molecule has 4 nitrogen and oxygen atoms in total. The highest BCUT2D eigenvalue weighted by Crippen LogP contribution is 2.22. The van der Waals surface area contributed by atoms with E-state index >= 15 is 0 Å². The van der Waals surface area contributed by atoms with Gasteiger partial charge in [-0.05, 0) is 36.8 Å². The molecule has 0 aliphatic heterocycles. The van der Waals surface area contributed by atoms with Crippen molar-refractivity contribution in [1.82, 2.24) is 5.32 Å². The van der Waals surface area contributed by atoms with Crippen LogP contribution in [0.2, 0.25) is 5.02 Å². The topological polar surface area (TPSA) is 61.4 Å². The molecule has 0 aromatic heterocycles. The van der Waals surface area contributed by atoms with Crippen LogP contribution in [0.1, 0.15) is 23.7 Å². The molecule has 0 radical (unpaired) electrons. The summed E-state index contributed by atoms with van der Waals surface area (Å²) in [6, 6.07) is 4.44. The molecular formula is C11H13ClN2O2S. The molecule has 0 unspecified atom stereocenters. The summed E-state index contributed by atoms with van der Waals surface area (Å²) < 4.78 is 0. The van der Waals surface area contributed by atoms with E-state index in [1.807, 2.05) is 6.92 Å². The van der Waals surface area contributed by atoms with Gasteiger partial charge in [0.15, 0.2) is 5.11 Å². The van der Waals surface area contributed by atoms with Gasteiger partial charge in [-0.3, -0.25) is 0 Å². The molecule has 0 bridgehead atoms. The van der Waals surface area contributed by atoms with E-state index in [0.29, 0.717) is 15.8 Å². The van der Waals surface area contributed by atoms with Gasteiger partial charge in [-0.15, -0.1) is 0 Å². The van der Waals surface area contributed by atoms with Crippen molar-refractivity contribution in [2.24, 2.45) is 0 Å². The van der Waals surface area contributed by atoms with Crippen molar-refractivity contribution in [3.05, 3.63) is 28.8 Å². The maximum absolute atomic E-state index is 10.7. The second-order valence-corrected chi connectivity index (χ2v) is 4.20. The fourth-order valence-electron chi connectivity index (χ4n) is 1.15. The van der Waals surface area contributed by atoms with Crippen LogP contribution in [0.4, 0.5) is 5.69 Å². The average molecular weight is 273 g/mol. The van der Waals surface area contributed by atoms with Crippen LogP contribution in [0.5, 0.6) is 0 Å². The molecule has 0 aliphatic carbocycles. The third-order valence-electron chi connectivity index (χ3n) is 2.00. The van der Waals surface area contributed by atoms with Crippen LogP contribution in [0, 0.1) is 0 Å². The van der Waals surface area contributed by atoms with Gasteiger partial charge in [0.2, 0.25) is 0 Å². The first-order chi connectivity index (χ1) is 8.04. The number of nitrogens with one attached hydrogen (secondary N) is 2. The Balaban J connectivity index is 2.72. The lowest BCUT2D eigenvalue weighted by atomic mass is 10.2. The number of benzene rings is 1. The molecule has 92 valence electrons. The Bertz CT molecular complexity index is 437. The van der Waals surface area contributed by atoms with Crippen LogP contribution in [-0.2, 0) is 0 Å². The van der Waals surface area contributed by atoms with Gasteiger partial charge >= 0.3 is 5.97 Å². The molecule has 0 heterocycles. The van der Waals surface area contributed by atoms with Crippen LogP contribution in [-0.4, -0.2) is 22.7 Å². The van der Waals surface area contributed by atoms with Crippen LogP contribution in [0.25, 0.3) is 0 Å². The van der Waals surface area contributed by atoms with E-state index in [4.69, 9.17) is 28.9 Å². The Labute approximate surface area is 110 Å². The highest BCUT2D eigenvalue weighted by Gasteiger charge is 2.07. The Morgan fingerprint density at radius 2 is 2.24 bits per heavy atom. The van der Waals surface area contributed by atoms with Crippen molar-refractivity contribution in [2.75, 3.05) is 11.9 Å². The number of thiocarbonyl (C=S) groups is 1. The maximum Gasteiger partial charge on any atom is 0.335 e. The van der Waals surface area contributed by atoms with Gasteiger partial charge in [-0.2, -0.15) is 0 Å². The van der Waals surface area contributed by atoms with Crippen molar-refractivity contribution in [1.29, 1.82) is 0 Å². The van der Waals surface area contributed by atoms with Crippen LogP contribution in [0.15, 0.2) is 18.2 Å². The minimum atomic E-state index is -1.01. The highest BCUT2D eigenvalue weighted by molar-refractivity contribution is 7.80. The lowest BCUT2D eigenvalue weighted by molar-refractivity contribution is 0.0697. The summed E-state index contributed by atoms with van der Waals surface area (Å²) in [5, 5.41) is 15.5. The van der Waals surface area contributed by atoms with Crippen molar-refractivity contribution in [2.45, 2.75) is 13.3 Å². The van der Waals surface area contributed by atoms with Gasteiger partial charge in [-0.25, -0.2) is 4.79 Å². The molecule has 17 heavy (non-hydrogen) atoms. The molecule has 0 atom stereocenters. The van der Waals surface area contributed by atoms with Crippen molar-refractivity contribution >= 4 is 40.6 Å². The molecule has 1 rings (SSSR count). The van der Waals surface area contributed by atoms with E-state index in [-0.39, 0.29) is 5.56 Å². The Morgan fingerprint density at radius 3 is 2.76 bits per heavy atom. The SMILES string of the molecule is CCCNC(=S)Nc1ccc(C(=O)O)cc1Cl. The Hall–Kier alpha value is -1.33. The van der Waals surface area contributed by atoms with E-state index in [1.165, 1.54) is 12.1 Å². The van der Waals surface area contributed by atoms with Gasteiger partial charge in [0.25, 0.3) is 0 Å². The van der Waals surface area contributed by atoms with Crippen molar-refractivity contribution < 1.29 is 9.90 Å². The summed E-state index contributed by atoms with van der Waals surface area (Å²) in [5.41, 5.74) is 0.734. The standard InChI is InChI=1S/C11H13ClN2O2S/c1-2-5-13-11(17)14-9-4-3-7(10(15)16)6-8(9)12/h3-4,6H,2,5H2,1H3,(H,15,16)(H2,13,14,17). The molecule has 0 saturated heterocycles. The smallest absolute Gasteiger partial charge is 0.335 e. The van der Waals surface area contributed by atoms with E-state index in [0.717, 1.165) is 13.0 Å². The first-order valence-corrected chi connectivity index (χ1v) is 5.91. The van der Waals surface area contributed by atoms with Gasteiger partial charge < -0.3 is 15.7 Å². The number of hydrogen-bond donors (Lipinski definition) is 3. The van der Waals surface area contributed by atoms with E-state index in [2.05, 4.69) is 10.6 Å². The van der Waals surface area contributed by atoms with Crippen LogP contribution >= 0.6 is 23.8 Å². The van der Waals surface area contributed by atoms with Crippen molar-refractivity contribution in [3.63, 3.8) is 0 Å². The first kappa shape index (κ1) is 13.7. The van der Waals surface area contributed by atoms with Gasteiger partial charge in [0, 0.05) is 6.54 Å². The Kier molecular flexibility index (Phi) is 5.18. The minimum Gasteiger partial charge on any atom is -0.478 e. The average Bonchev–Trinajstić information content (AvgIpc) is 2.28. The number of anilines is 1. The highest BCUT2D eigenvalue weighted by atomic mass is 35.5. The number of halogens is 1. The zero-order valence-electron chi connectivity index (χ0n) is 9.29. The third kappa shape index (κ3) is 4.20. The number of carbonyl (C=O) groups is 1. The molecule has 3 N–H and O–H groups in total.